The second-order valence-electron chi connectivity index (χ2n) is 5.06. The van der Waals surface area contributed by atoms with Crippen molar-refractivity contribution >= 4 is 17.8 Å². The molecule has 2 rings (SSSR count). The van der Waals surface area contributed by atoms with Gasteiger partial charge in [-0.25, -0.2) is 0 Å². The molecule has 0 spiro atoms. The first-order valence-electron chi connectivity index (χ1n) is 6.47. The van der Waals surface area contributed by atoms with Gasteiger partial charge in [-0.05, 0) is 6.42 Å². The normalized spacial score (nSPS) is 26.9. The average molecular weight is 269 g/mol. The molecular weight excluding hydrogens is 250 g/mol. The Bertz CT molecular complexity index is 390. The van der Waals surface area contributed by atoms with Crippen LogP contribution in [0.2, 0.25) is 0 Å². The Morgan fingerprint density at radius 2 is 1.79 bits per heavy atom. The summed E-state index contributed by atoms with van der Waals surface area (Å²) in [5, 5.41) is 11.4. The lowest BCUT2D eigenvalue weighted by Crippen LogP contribution is -2.51. The van der Waals surface area contributed by atoms with E-state index >= 15 is 0 Å². The quantitative estimate of drug-likeness (QED) is 0.655. The first-order chi connectivity index (χ1) is 9.02. The molecule has 1 saturated heterocycles. The van der Waals surface area contributed by atoms with Crippen molar-refractivity contribution in [1.29, 1.82) is 0 Å². The molecule has 2 fully saturated rings. The summed E-state index contributed by atoms with van der Waals surface area (Å²) in [6.45, 7) is 2.80. The van der Waals surface area contributed by atoms with Gasteiger partial charge in [-0.15, -0.1) is 0 Å². The van der Waals surface area contributed by atoms with E-state index in [0.717, 1.165) is 0 Å². The van der Waals surface area contributed by atoms with Crippen LogP contribution < -0.4 is 5.32 Å². The number of hydrogen-bond donors (Lipinski definition) is 2. The van der Waals surface area contributed by atoms with E-state index in [1.54, 1.807) is 11.9 Å². The Balaban J connectivity index is 1.76. The number of carbonyl (C=O) groups is 3. The third-order valence-electron chi connectivity index (χ3n) is 3.75. The minimum atomic E-state index is -0.878. The zero-order chi connectivity index (χ0) is 14.0. The first kappa shape index (κ1) is 13.8. The zero-order valence-electron chi connectivity index (χ0n) is 11.0. The lowest BCUT2D eigenvalue weighted by atomic mass is 10.2. The number of nitrogens with one attached hydrogen (secondary N) is 1. The standard InChI is InChI=1S/C12H19N3O4/c1-13-10(16)7-14-2-4-15(5-3-14)11(17)8-6-9(8)12(18)19/h8-9H,2-7H2,1H3,(H,13,16)(H,18,19). The molecule has 1 saturated carbocycles. The maximum absolute atomic E-state index is 12.0. The van der Waals surface area contributed by atoms with Gasteiger partial charge in [0.2, 0.25) is 11.8 Å². The highest BCUT2D eigenvalue weighted by atomic mass is 16.4. The van der Waals surface area contributed by atoms with Gasteiger partial charge in [0, 0.05) is 33.2 Å². The van der Waals surface area contributed by atoms with Gasteiger partial charge in [0.15, 0.2) is 0 Å². The topological polar surface area (TPSA) is 90.0 Å². The smallest absolute Gasteiger partial charge is 0.307 e. The van der Waals surface area contributed by atoms with Crippen molar-refractivity contribution < 1.29 is 19.5 Å². The number of hydrogen-bond acceptors (Lipinski definition) is 4. The lowest BCUT2D eigenvalue weighted by Gasteiger charge is -2.34. The summed E-state index contributed by atoms with van der Waals surface area (Å²) in [6.07, 6.45) is 0.465. The van der Waals surface area contributed by atoms with Crippen LogP contribution in [0.4, 0.5) is 0 Å². The third kappa shape index (κ3) is 3.23. The van der Waals surface area contributed by atoms with Crippen LogP contribution in [0.1, 0.15) is 6.42 Å². The number of rotatable bonds is 4. The fraction of sp³-hybridized carbons (Fsp3) is 0.750. The monoisotopic (exact) mass is 269 g/mol. The number of amides is 2. The fourth-order valence-electron chi connectivity index (χ4n) is 2.38. The van der Waals surface area contributed by atoms with Gasteiger partial charge in [0.05, 0.1) is 18.4 Å². The molecule has 2 aliphatic rings. The van der Waals surface area contributed by atoms with Gasteiger partial charge < -0.3 is 15.3 Å². The lowest BCUT2D eigenvalue weighted by molar-refractivity contribution is -0.142. The fourth-order valence-corrected chi connectivity index (χ4v) is 2.38. The average Bonchev–Trinajstić information content (AvgIpc) is 3.19. The second kappa shape index (κ2) is 5.56. The van der Waals surface area contributed by atoms with E-state index in [1.807, 2.05) is 4.90 Å². The SMILES string of the molecule is CNC(=O)CN1CCN(C(=O)C2CC2C(=O)O)CC1. The minimum Gasteiger partial charge on any atom is -0.481 e. The molecule has 0 radical (unpaired) electrons. The van der Waals surface area contributed by atoms with Crippen LogP contribution in [0.3, 0.4) is 0 Å². The molecule has 1 aliphatic heterocycles. The van der Waals surface area contributed by atoms with E-state index in [1.165, 1.54) is 0 Å². The Kier molecular flexibility index (Phi) is 4.04. The molecule has 1 aliphatic carbocycles. The van der Waals surface area contributed by atoms with E-state index in [2.05, 4.69) is 5.32 Å². The van der Waals surface area contributed by atoms with Gasteiger partial charge >= 0.3 is 5.97 Å². The molecule has 0 aromatic heterocycles. The van der Waals surface area contributed by atoms with Gasteiger partial charge in [0.25, 0.3) is 0 Å². The Labute approximate surface area is 111 Å². The zero-order valence-corrected chi connectivity index (χ0v) is 11.0. The van der Waals surface area contributed by atoms with E-state index in [0.29, 0.717) is 39.1 Å². The van der Waals surface area contributed by atoms with E-state index < -0.39 is 11.9 Å². The van der Waals surface area contributed by atoms with Crippen LogP contribution in [-0.4, -0.2) is 72.5 Å². The van der Waals surface area contributed by atoms with Crippen LogP contribution in [-0.2, 0) is 14.4 Å². The van der Waals surface area contributed by atoms with Crippen molar-refractivity contribution in [3.8, 4) is 0 Å². The number of nitrogens with zero attached hydrogens (tertiary/aromatic N) is 2. The molecular formula is C12H19N3O4. The second-order valence-corrected chi connectivity index (χ2v) is 5.06. The molecule has 2 amide bonds. The first-order valence-corrected chi connectivity index (χ1v) is 6.47. The number of piperazine rings is 1. The molecule has 2 unspecified atom stereocenters. The molecule has 1 heterocycles. The maximum Gasteiger partial charge on any atom is 0.307 e. The number of likely N-dealkylation sites (N-methyl/N-ethyl adjacent to an activating group) is 1. The van der Waals surface area contributed by atoms with Crippen molar-refractivity contribution in [2.24, 2.45) is 11.8 Å². The minimum absolute atomic E-state index is 0.0343. The highest BCUT2D eigenvalue weighted by Gasteiger charge is 2.49. The molecule has 2 atom stereocenters. The Morgan fingerprint density at radius 1 is 1.16 bits per heavy atom. The van der Waals surface area contributed by atoms with Gasteiger partial charge in [-0.1, -0.05) is 0 Å². The highest BCUT2D eigenvalue weighted by molar-refractivity contribution is 5.89. The molecule has 0 aromatic rings. The van der Waals surface area contributed by atoms with Crippen LogP contribution in [0.25, 0.3) is 0 Å². The largest absolute Gasteiger partial charge is 0.481 e. The predicted octanol–water partition coefficient (Wildman–Crippen LogP) is -1.40. The summed E-state index contributed by atoms with van der Waals surface area (Å²) >= 11 is 0. The van der Waals surface area contributed by atoms with Gasteiger partial charge in [-0.3, -0.25) is 19.3 Å². The van der Waals surface area contributed by atoms with Crippen LogP contribution >= 0.6 is 0 Å². The predicted molar refractivity (Wildman–Crippen MR) is 66.3 cm³/mol. The van der Waals surface area contributed by atoms with E-state index in [-0.39, 0.29) is 17.7 Å². The van der Waals surface area contributed by atoms with Crippen molar-refractivity contribution in [2.75, 3.05) is 39.8 Å². The van der Waals surface area contributed by atoms with Crippen LogP contribution in [0.15, 0.2) is 0 Å². The summed E-state index contributed by atoms with van der Waals surface area (Å²) < 4.78 is 0. The van der Waals surface area contributed by atoms with Crippen LogP contribution in [0, 0.1) is 11.8 Å². The Morgan fingerprint density at radius 3 is 2.26 bits per heavy atom. The number of carboxylic acid groups (broad SMARTS) is 1. The number of carbonyl (C=O) groups excluding carboxylic acids is 2. The van der Waals surface area contributed by atoms with Gasteiger partial charge in [-0.2, -0.15) is 0 Å². The molecule has 7 nitrogen and oxygen atoms in total. The summed E-state index contributed by atoms with van der Waals surface area (Å²) in [5.74, 6) is -1.78. The number of aliphatic carboxylic acids is 1. The molecule has 0 bridgehead atoms. The molecule has 2 N–H and O–H groups in total. The molecule has 0 aromatic carbocycles. The van der Waals surface area contributed by atoms with Crippen LogP contribution in [0.5, 0.6) is 0 Å². The number of carboxylic acids is 1. The molecule has 19 heavy (non-hydrogen) atoms. The van der Waals surface area contributed by atoms with Gasteiger partial charge in [0.1, 0.15) is 0 Å². The van der Waals surface area contributed by atoms with Crippen molar-refractivity contribution in [3.63, 3.8) is 0 Å². The maximum atomic E-state index is 12.0. The molecule has 106 valence electrons. The highest BCUT2D eigenvalue weighted by Crippen LogP contribution is 2.40. The third-order valence-corrected chi connectivity index (χ3v) is 3.75. The summed E-state index contributed by atoms with van der Waals surface area (Å²) in [4.78, 5) is 37.7. The Hall–Kier alpha value is -1.63. The van der Waals surface area contributed by atoms with Crippen molar-refractivity contribution in [3.05, 3.63) is 0 Å². The summed E-state index contributed by atoms with van der Waals surface area (Å²) in [6, 6.07) is 0. The van der Waals surface area contributed by atoms with Crippen molar-refractivity contribution in [2.45, 2.75) is 6.42 Å². The van der Waals surface area contributed by atoms with Crippen molar-refractivity contribution in [1.82, 2.24) is 15.1 Å². The summed E-state index contributed by atoms with van der Waals surface area (Å²) in [7, 11) is 1.60. The molecule has 7 heteroatoms. The summed E-state index contributed by atoms with van der Waals surface area (Å²) in [5.41, 5.74) is 0. The van der Waals surface area contributed by atoms with E-state index in [4.69, 9.17) is 5.11 Å². The van der Waals surface area contributed by atoms with E-state index in [9.17, 15) is 14.4 Å².